The second-order valence-corrected chi connectivity index (χ2v) is 5.45. The Labute approximate surface area is 111 Å². The molecule has 1 unspecified atom stereocenters. The van der Waals surface area contributed by atoms with Gasteiger partial charge in [0.15, 0.2) is 13.2 Å². The van der Waals surface area contributed by atoms with Gasteiger partial charge in [-0.2, -0.15) is 8.42 Å². The summed E-state index contributed by atoms with van der Waals surface area (Å²) in [6.07, 6.45) is 1.65. The first kappa shape index (κ1) is 15.8. The van der Waals surface area contributed by atoms with Gasteiger partial charge in [0.2, 0.25) is 0 Å². The van der Waals surface area contributed by atoms with Crippen LogP contribution in [0.3, 0.4) is 0 Å². The third-order valence-electron chi connectivity index (χ3n) is 2.26. The predicted octanol–water partition coefficient (Wildman–Crippen LogP) is 1.53. The average Bonchev–Trinajstić information content (AvgIpc) is 2.29. The second kappa shape index (κ2) is 6.78. The zero-order valence-electron chi connectivity index (χ0n) is 10.9. The van der Waals surface area contributed by atoms with E-state index in [9.17, 15) is 12.8 Å². The molecule has 0 N–H and O–H groups in total. The van der Waals surface area contributed by atoms with E-state index in [1.807, 2.05) is 0 Å². The fourth-order valence-corrected chi connectivity index (χ4v) is 1.62. The Morgan fingerprint density at radius 3 is 2.74 bits per heavy atom. The van der Waals surface area contributed by atoms with Gasteiger partial charge in [0.05, 0.1) is 11.9 Å². The zero-order chi connectivity index (χ0) is 14.5. The Hall–Kier alpha value is -1.25. The van der Waals surface area contributed by atoms with Gasteiger partial charge in [-0.1, -0.05) is 0 Å². The summed E-state index contributed by atoms with van der Waals surface area (Å²) in [6.45, 7) is 2.12. The monoisotopic (exact) mass is 293 g/mol. The zero-order valence-corrected chi connectivity index (χ0v) is 11.7. The molecule has 8 heteroatoms. The molecule has 0 saturated carbocycles. The van der Waals surface area contributed by atoms with Gasteiger partial charge in [-0.25, -0.2) is 4.39 Å². The SMILES string of the molecule is Cc1c(OC(C)OCF)ccnc1COS(C)(=O)=O. The first-order valence-corrected chi connectivity index (χ1v) is 7.28. The van der Waals surface area contributed by atoms with Crippen molar-refractivity contribution in [3.63, 3.8) is 0 Å². The molecule has 1 atom stereocenters. The van der Waals surface area contributed by atoms with Gasteiger partial charge in [-0.3, -0.25) is 9.17 Å². The van der Waals surface area contributed by atoms with E-state index in [2.05, 4.69) is 13.9 Å². The molecule has 0 spiro atoms. The Kier molecular flexibility index (Phi) is 5.64. The summed E-state index contributed by atoms with van der Waals surface area (Å²) < 4.78 is 48.5. The summed E-state index contributed by atoms with van der Waals surface area (Å²) in [4.78, 5) is 4.01. The van der Waals surface area contributed by atoms with E-state index in [1.165, 1.54) is 6.20 Å². The third-order valence-corrected chi connectivity index (χ3v) is 2.81. The average molecular weight is 293 g/mol. The van der Waals surface area contributed by atoms with Crippen LogP contribution < -0.4 is 4.74 Å². The minimum atomic E-state index is -3.54. The van der Waals surface area contributed by atoms with Crippen LogP contribution in [0.25, 0.3) is 0 Å². The molecule has 1 aromatic heterocycles. The number of halogens is 1. The van der Waals surface area contributed by atoms with Crippen molar-refractivity contribution in [1.29, 1.82) is 0 Å². The molecule has 1 heterocycles. The normalized spacial score (nSPS) is 13.3. The number of rotatable bonds is 7. The highest BCUT2D eigenvalue weighted by Crippen LogP contribution is 2.21. The first-order valence-electron chi connectivity index (χ1n) is 5.46. The summed E-state index contributed by atoms with van der Waals surface area (Å²) in [5.41, 5.74) is 1.04. The van der Waals surface area contributed by atoms with Crippen molar-refractivity contribution >= 4 is 10.1 Å². The number of hydrogen-bond donors (Lipinski definition) is 0. The van der Waals surface area contributed by atoms with Crippen molar-refractivity contribution in [2.45, 2.75) is 26.7 Å². The van der Waals surface area contributed by atoms with Gasteiger partial charge in [0.1, 0.15) is 12.4 Å². The topological polar surface area (TPSA) is 74.7 Å². The fourth-order valence-electron chi connectivity index (χ4n) is 1.30. The number of nitrogens with zero attached hydrogens (tertiary/aromatic N) is 1. The summed E-state index contributed by atoms with van der Waals surface area (Å²) in [5.74, 6) is 0.433. The highest BCUT2D eigenvalue weighted by atomic mass is 32.2. The molecule has 0 aliphatic rings. The molecule has 0 aromatic carbocycles. The number of hydrogen-bond acceptors (Lipinski definition) is 6. The fraction of sp³-hybridized carbons (Fsp3) is 0.545. The van der Waals surface area contributed by atoms with Crippen molar-refractivity contribution in [3.8, 4) is 5.75 Å². The van der Waals surface area contributed by atoms with Crippen LogP contribution in [0, 0.1) is 6.92 Å². The molecule has 19 heavy (non-hydrogen) atoms. The van der Waals surface area contributed by atoms with Crippen LogP contribution in [0.2, 0.25) is 0 Å². The molecule has 0 amide bonds. The molecule has 0 aliphatic carbocycles. The molecule has 0 aliphatic heterocycles. The summed E-state index contributed by atoms with van der Waals surface area (Å²) in [7, 11) is -3.54. The molecule has 0 saturated heterocycles. The largest absolute Gasteiger partial charge is 0.465 e. The Morgan fingerprint density at radius 2 is 2.16 bits per heavy atom. The van der Waals surface area contributed by atoms with Crippen molar-refractivity contribution < 1.29 is 26.5 Å². The minimum absolute atomic E-state index is 0.180. The Bertz CT molecular complexity index is 520. The molecule has 6 nitrogen and oxygen atoms in total. The van der Waals surface area contributed by atoms with Crippen LogP contribution in [0.5, 0.6) is 5.75 Å². The van der Waals surface area contributed by atoms with Crippen molar-refractivity contribution in [3.05, 3.63) is 23.5 Å². The van der Waals surface area contributed by atoms with Gasteiger partial charge in [0, 0.05) is 11.8 Å². The molecular weight excluding hydrogens is 277 g/mol. The molecule has 0 radical (unpaired) electrons. The second-order valence-electron chi connectivity index (χ2n) is 3.81. The number of pyridine rings is 1. The van der Waals surface area contributed by atoms with E-state index in [0.29, 0.717) is 17.0 Å². The lowest BCUT2D eigenvalue weighted by Gasteiger charge is -2.16. The lowest BCUT2D eigenvalue weighted by Crippen LogP contribution is -2.17. The van der Waals surface area contributed by atoms with Crippen LogP contribution in [-0.4, -0.2) is 32.8 Å². The van der Waals surface area contributed by atoms with E-state index in [0.717, 1.165) is 6.26 Å². The van der Waals surface area contributed by atoms with Gasteiger partial charge < -0.3 is 9.47 Å². The van der Waals surface area contributed by atoms with Crippen molar-refractivity contribution in [1.82, 2.24) is 4.98 Å². The van der Waals surface area contributed by atoms with Gasteiger partial charge in [-0.05, 0) is 19.9 Å². The maximum absolute atomic E-state index is 12.0. The van der Waals surface area contributed by atoms with E-state index in [1.54, 1.807) is 19.9 Å². The lowest BCUT2D eigenvalue weighted by atomic mass is 10.2. The maximum Gasteiger partial charge on any atom is 0.264 e. The highest BCUT2D eigenvalue weighted by molar-refractivity contribution is 7.85. The van der Waals surface area contributed by atoms with Crippen LogP contribution in [0.15, 0.2) is 12.3 Å². The van der Waals surface area contributed by atoms with Crippen molar-refractivity contribution in [2.75, 3.05) is 13.1 Å². The number of alkyl halides is 1. The Balaban J connectivity index is 2.80. The highest BCUT2D eigenvalue weighted by Gasteiger charge is 2.12. The third kappa shape index (κ3) is 5.50. The quantitative estimate of drug-likeness (QED) is 0.560. The van der Waals surface area contributed by atoms with Crippen LogP contribution >= 0.6 is 0 Å². The molecule has 108 valence electrons. The molecule has 1 rings (SSSR count). The smallest absolute Gasteiger partial charge is 0.264 e. The maximum atomic E-state index is 12.0. The molecule has 0 fully saturated rings. The molecule has 0 bridgehead atoms. The summed E-state index contributed by atoms with van der Waals surface area (Å²) >= 11 is 0. The van der Waals surface area contributed by atoms with Crippen molar-refractivity contribution in [2.24, 2.45) is 0 Å². The van der Waals surface area contributed by atoms with Gasteiger partial charge in [0.25, 0.3) is 10.1 Å². The van der Waals surface area contributed by atoms with E-state index < -0.39 is 23.3 Å². The van der Waals surface area contributed by atoms with Gasteiger partial charge in [-0.15, -0.1) is 0 Å². The Morgan fingerprint density at radius 1 is 1.47 bits per heavy atom. The summed E-state index contributed by atoms with van der Waals surface area (Å²) in [6, 6.07) is 1.58. The number of ether oxygens (including phenoxy) is 2. The predicted molar refractivity (Wildman–Crippen MR) is 65.8 cm³/mol. The molecule has 1 aromatic rings. The minimum Gasteiger partial charge on any atom is -0.465 e. The molecular formula is C11H16FNO5S. The number of aromatic nitrogens is 1. The van der Waals surface area contributed by atoms with E-state index >= 15 is 0 Å². The standard InChI is InChI=1S/C11H16FNO5S/c1-8-10(6-17-19(3,14)15)13-5-4-11(8)18-9(2)16-7-12/h4-5,9H,6-7H2,1-3H3. The van der Waals surface area contributed by atoms with E-state index in [-0.39, 0.29) is 6.61 Å². The summed E-state index contributed by atoms with van der Waals surface area (Å²) in [5, 5.41) is 0. The van der Waals surface area contributed by atoms with Crippen LogP contribution in [0.4, 0.5) is 4.39 Å². The first-order chi connectivity index (χ1) is 8.83. The van der Waals surface area contributed by atoms with Crippen LogP contribution in [-0.2, 0) is 25.6 Å². The van der Waals surface area contributed by atoms with E-state index in [4.69, 9.17) is 4.74 Å². The van der Waals surface area contributed by atoms with Gasteiger partial charge >= 0.3 is 0 Å². The lowest BCUT2D eigenvalue weighted by molar-refractivity contribution is -0.0992. The van der Waals surface area contributed by atoms with Crippen LogP contribution in [0.1, 0.15) is 18.2 Å².